The number of hydrogen-bond acceptors (Lipinski definition) is 4. The third kappa shape index (κ3) is 3.98. The van der Waals surface area contributed by atoms with Gasteiger partial charge in [-0.1, -0.05) is 48.5 Å². The first kappa shape index (κ1) is 19.5. The topological polar surface area (TPSA) is 72.9 Å². The summed E-state index contributed by atoms with van der Waals surface area (Å²) in [6, 6.07) is 18.9. The van der Waals surface area contributed by atoms with Crippen molar-refractivity contribution in [2.45, 2.75) is 24.3 Å². The van der Waals surface area contributed by atoms with Crippen molar-refractivity contribution in [1.82, 2.24) is 10.2 Å². The highest BCUT2D eigenvalue weighted by molar-refractivity contribution is 5.95. The van der Waals surface area contributed by atoms with Gasteiger partial charge in [0.2, 0.25) is 11.8 Å². The molecule has 1 saturated carbocycles. The molecule has 2 aliphatic rings. The van der Waals surface area contributed by atoms with E-state index in [0.717, 1.165) is 37.2 Å². The maximum absolute atomic E-state index is 12.9. The maximum Gasteiger partial charge on any atom is 0.247 e. The second-order valence-corrected chi connectivity index (χ2v) is 7.80. The van der Waals surface area contributed by atoms with Crippen molar-refractivity contribution in [2.75, 3.05) is 37.7 Å². The van der Waals surface area contributed by atoms with E-state index in [9.17, 15) is 14.7 Å². The van der Waals surface area contributed by atoms with Crippen LogP contribution in [0.25, 0.3) is 0 Å². The van der Waals surface area contributed by atoms with Gasteiger partial charge in [-0.15, -0.1) is 0 Å². The molecule has 2 N–H and O–H groups in total. The minimum Gasteiger partial charge on any atom is -0.394 e. The second-order valence-electron chi connectivity index (χ2n) is 7.80. The van der Waals surface area contributed by atoms with E-state index in [1.54, 1.807) is 4.90 Å². The lowest BCUT2D eigenvalue weighted by Crippen LogP contribution is -2.57. The van der Waals surface area contributed by atoms with Crippen LogP contribution in [0.4, 0.5) is 5.69 Å². The molecule has 29 heavy (non-hydrogen) atoms. The summed E-state index contributed by atoms with van der Waals surface area (Å²) in [4.78, 5) is 29.8. The van der Waals surface area contributed by atoms with Crippen molar-refractivity contribution in [3.8, 4) is 0 Å². The van der Waals surface area contributed by atoms with Crippen LogP contribution in [-0.4, -0.2) is 60.6 Å². The monoisotopic (exact) mass is 393 g/mol. The van der Waals surface area contributed by atoms with Crippen molar-refractivity contribution in [3.05, 3.63) is 66.2 Å². The average molecular weight is 393 g/mol. The summed E-state index contributed by atoms with van der Waals surface area (Å²) in [5.74, 6) is -0.378. The third-order valence-electron chi connectivity index (χ3n) is 6.01. The Bertz CT molecular complexity index is 844. The van der Waals surface area contributed by atoms with Crippen LogP contribution < -0.4 is 10.2 Å². The summed E-state index contributed by atoms with van der Waals surface area (Å²) >= 11 is 0. The molecule has 6 heteroatoms. The van der Waals surface area contributed by atoms with Crippen molar-refractivity contribution < 1.29 is 14.7 Å². The predicted molar refractivity (Wildman–Crippen MR) is 112 cm³/mol. The van der Waals surface area contributed by atoms with E-state index in [-0.39, 0.29) is 11.8 Å². The molecule has 2 aromatic carbocycles. The van der Waals surface area contributed by atoms with Crippen LogP contribution in [0.15, 0.2) is 60.7 Å². The van der Waals surface area contributed by atoms with Crippen LogP contribution in [-0.2, 0) is 15.0 Å². The maximum atomic E-state index is 12.9. The minimum absolute atomic E-state index is 0.168. The van der Waals surface area contributed by atoms with Crippen LogP contribution in [0.5, 0.6) is 0 Å². The van der Waals surface area contributed by atoms with Gasteiger partial charge in [0.25, 0.3) is 0 Å². The number of hydrogen-bond donors (Lipinski definition) is 2. The van der Waals surface area contributed by atoms with Gasteiger partial charge in [0.15, 0.2) is 0 Å². The first-order valence-corrected chi connectivity index (χ1v) is 10.2. The standard InChI is InChI=1S/C23H27N3O3/c27-17-20(24-22(29)23(11-12-23)18-7-3-1-4-8-18)21(28)26-15-13-25(14-16-26)19-9-5-2-6-10-19/h1-10,20,27H,11-17H2,(H,24,29). The van der Waals surface area contributed by atoms with E-state index in [4.69, 9.17) is 0 Å². The van der Waals surface area contributed by atoms with Gasteiger partial charge in [-0.2, -0.15) is 0 Å². The van der Waals surface area contributed by atoms with Crippen LogP contribution >= 0.6 is 0 Å². The molecule has 152 valence electrons. The summed E-state index contributed by atoms with van der Waals surface area (Å²) in [6.07, 6.45) is 1.54. The molecule has 2 amide bonds. The van der Waals surface area contributed by atoms with Gasteiger partial charge in [-0.3, -0.25) is 9.59 Å². The van der Waals surface area contributed by atoms with E-state index in [1.807, 2.05) is 48.5 Å². The zero-order valence-electron chi connectivity index (χ0n) is 16.5. The molecule has 1 heterocycles. The molecule has 1 atom stereocenters. The van der Waals surface area contributed by atoms with Gasteiger partial charge < -0.3 is 20.2 Å². The lowest BCUT2D eigenvalue weighted by molar-refractivity contribution is -0.138. The number of aliphatic hydroxyl groups is 1. The van der Waals surface area contributed by atoms with Gasteiger partial charge in [-0.05, 0) is 30.5 Å². The lowest BCUT2D eigenvalue weighted by atomic mass is 9.94. The zero-order valence-corrected chi connectivity index (χ0v) is 16.5. The molecule has 1 aliphatic heterocycles. The van der Waals surface area contributed by atoms with Crippen molar-refractivity contribution in [2.24, 2.45) is 0 Å². The second kappa shape index (κ2) is 8.25. The number of nitrogens with one attached hydrogen (secondary N) is 1. The van der Waals surface area contributed by atoms with Gasteiger partial charge >= 0.3 is 0 Å². The Hall–Kier alpha value is -2.86. The molecule has 1 unspecified atom stereocenters. The highest BCUT2D eigenvalue weighted by Gasteiger charge is 2.52. The normalized spacial score (nSPS) is 18.8. The fraction of sp³-hybridized carbons (Fsp3) is 0.391. The number of carbonyl (C=O) groups is 2. The predicted octanol–water partition coefficient (Wildman–Crippen LogP) is 1.54. The number of amides is 2. The smallest absolute Gasteiger partial charge is 0.247 e. The number of benzene rings is 2. The largest absolute Gasteiger partial charge is 0.394 e. The number of aliphatic hydroxyl groups excluding tert-OH is 1. The Labute approximate surface area is 171 Å². The number of carbonyl (C=O) groups excluding carboxylic acids is 2. The fourth-order valence-electron chi connectivity index (χ4n) is 4.06. The quantitative estimate of drug-likeness (QED) is 0.781. The molecular formula is C23H27N3O3. The van der Waals surface area contributed by atoms with Crippen LogP contribution in [0, 0.1) is 0 Å². The summed E-state index contributed by atoms with van der Waals surface area (Å²) in [5, 5.41) is 12.6. The van der Waals surface area contributed by atoms with Crippen molar-refractivity contribution >= 4 is 17.5 Å². The Morgan fingerprint density at radius 3 is 2.07 bits per heavy atom. The Morgan fingerprint density at radius 2 is 1.52 bits per heavy atom. The first-order valence-electron chi connectivity index (χ1n) is 10.2. The molecule has 6 nitrogen and oxygen atoms in total. The van der Waals surface area contributed by atoms with Gasteiger partial charge in [0.05, 0.1) is 12.0 Å². The van der Waals surface area contributed by atoms with Crippen LogP contribution in [0.3, 0.4) is 0 Å². The van der Waals surface area contributed by atoms with Crippen molar-refractivity contribution in [1.29, 1.82) is 0 Å². The first-order chi connectivity index (χ1) is 14.1. The average Bonchev–Trinajstić information content (AvgIpc) is 3.60. The van der Waals surface area contributed by atoms with E-state index in [1.165, 1.54) is 0 Å². The van der Waals surface area contributed by atoms with E-state index >= 15 is 0 Å². The molecule has 0 aromatic heterocycles. The number of anilines is 1. The molecule has 0 radical (unpaired) electrons. The molecule has 4 rings (SSSR count). The third-order valence-corrected chi connectivity index (χ3v) is 6.01. The molecule has 1 saturated heterocycles. The molecular weight excluding hydrogens is 366 g/mol. The lowest BCUT2D eigenvalue weighted by Gasteiger charge is -2.37. The number of para-hydroxylation sites is 1. The Morgan fingerprint density at radius 1 is 0.931 bits per heavy atom. The summed E-state index contributed by atoms with van der Waals surface area (Å²) in [5.41, 5.74) is 1.56. The summed E-state index contributed by atoms with van der Waals surface area (Å²) < 4.78 is 0. The highest BCUT2D eigenvalue weighted by atomic mass is 16.3. The Kier molecular flexibility index (Phi) is 5.53. The molecule has 1 aliphatic carbocycles. The van der Waals surface area contributed by atoms with Crippen LogP contribution in [0.2, 0.25) is 0 Å². The van der Waals surface area contributed by atoms with Crippen molar-refractivity contribution in [3.63, 3.8) is 0 Å². The number of rotatable bonds is 6. The molecule has 0 spiro atoms. The molecule has 0 bridgehead atoms. The Balaban J connectivity index is 1.36. The van der Waals surface area contributed by atoms with E-state index in [0.29, 0.717) is 13.1 Å². The highest BCUT2D eigenvalue weighted by Crippen LogP contribution is 2.48. The number of piperazine rings is 1. The number of nitrogens with zero attached hydrogens (tertiary/aromatic N) is 2. The minimum atomic E-state index is -0.896. The SMILES string of the molecule is O=C(C(CO)NC(=O)C1(c2ccccc2)CC1)N1CCN(c2ccccc2)CC1. The van der Waals surface area contributed by atoms with Gasteiger partial charge in [0, 0.05) is 31.9 Å². The zero-order chi connectivity index (χ0) is 20.3. The molecule has 2 aromatic rings. The summed E-state index contributed by atoms with van der Waals surface area (Å²) in [7, 11) is 0. The van der Waals surface area contributed by atoms with E-state index < -0.39 is 18.1 Å². The van der Waals surface area contributed by atoms with E-state index in [2.05, 4.69) is 22.3 Å². The van der Waals surface area contributed by atoms with Gasteiger partial charge in [-0.25, -0.2) is 0 Å². The van der Waals surface area contributed by atoms with Gasteiger partial charge in [0.1, 0.15) is 6.04 Å². The summed E-state index contributed by atoms with van der Waals surface area (Å²) in [6.45, 7) is 2.22. The fourth-order valence-corrected chi connectivity index (χ4v) is 4.06. The van der Waals surface area contributed by atoms with Crippen LogP contribution in [0.1, 0.15) is 18.4 Å². The molecule has 2 fully saturated rings.